The first-order valence-corrected chi connectivity index (χ1v) is 8.72. The van der Waals surface area contributed by atoms with Gasteiger partial charge in [0.1, 0.15) is 0 Å². The number of benzene rings is 2. The second kappa shape index (κ2) is 9.44. The molecule has 0 heterocycles. The number of carbonyl (C=O) groups is 2. The van der Waals surface area contributed by atoms with Gasteiger partial charge in [-0.25, -0.2) is 0 Å². The summed E-state index contributed by atoms with van der Waals surface area (Å²) in [5.74, 6) is -0.232. The molecule has 4 nitrogen and oxygen atoms in total. The second-order valence-electron chi connectivity index (χ2n) is 5.65. The van der Waals surface area contributed by atoms with E-state index in [0.29, 0.717) is 29.7 Å². The van der Waals surface area contributed by atoms with Crippen LogP contribution in [0.25, 0.3) is 0 Å². The minimum absolute atomic E-state index is 0.0983. The van der Waals surface area contributed by atoms with Crippen molar-refractivity contribution in [2.75, 3.05) is 6.54 Å². The molecule has 0 atom stereocenters. The molecule has 0 saturated heterocycles. The van der Waals surface area contributed by atoms with E-state index in [0.717, 1.165) is 11.1 Å². The van der Waals surface area contributed by atoms with Gasteiger partial charge in [0.15, 0.2) is 0 Å². The Morgan fingerprint density at radius 1 is 0.960 bits per heavy atom. The number of nitrogens with one attached hydrogen (secondary N) is 1. The fourth-order valence-electron chi connectivity index (χ4n) is 2.34. The van der Waals surface area contributed by atoms with Crippen LogP contribution in [0.1, 0.15) is 24.5 Å². The highest BCUT2D eigenvalue weighted by molar-refractivity contribution is 6.31. The van der Waals surface area contributed by atoms with Crippen LogP contribution in [-0.2, 0) is 22.7 Å². The Bertz CT molecular complexity index is 750. The molecule has 25 heavy (non-hydrogen) atoms. The van der Waals surface area contributed by atoms with Crippen LogP contribution < -0.4 is 5.32 Å². The number of amides is 2. The van der Waals surface area contributed by atoms with Crippen molar-refractivity contribution in [3.63, 3.8) is 0 Å². The minimum atomic E-state index is -0.134. The van der Waals surface area contributed by atoms with Crippen molar-refractivity contribution in [1.29, 1.82) is 0 Å². The van der Waals surface area contributed by atoms with Crippen LogP contribution >= 0.6 is 23.2 Å². The maximum atomic E-state index is 12.1. The fraction of sp³-hybridized carbons (Fsp3) is 0.263. The van der Waals surface area contributed by atoms with Gasteiger partial charge in [-0.15, -0.1) is 0 Å². The lowest BCUT2D eigenvalue weighted by Gasteiger charge is -2.21. The monoisotopic (exact) mass is 378 g/mol. The van der Waals surface area contributed by atoms with E-state index in [2.05, 4.69) is 5.32 Å². The van der Waals surface area contributed by atoms with Crippen LogP contribution in [0.4, 0.5) is 0 Å². The van der Waals surface area contributed by atoms with Crippen LogP contribution in [0.15, 0.2) is 48.5 Å². The molecule has 0 aliphatic heterocycles. The van der Waals surface area contributed by atoms with Crippen molar-refractivity contribution in [1.82, 2.24) is 10.2 Å². The van der Waals surface area contributed by atoms with Crippen molar-refractivity contribution in [2.24, 2.45) is 0 Å². The van der Waals surface area contributed by atoms with E-state index in [-0.39, 0.29) is 18.2 Å². The number of hydrogen-bond donors (Lipinski definition) is 1. The van der Waals surface area contributed by atoms with Gasteiger partial charge in [-0.3, -0.25) is 9.59 Å². The van der Waals surface area contributed by atoms with Crippen LogP contribution in [0.3, 0.4) is 0 Å². The lowest BCUT2D eigenvalue weighted by atomic mass is 10.2. The van der Waals surface area contributed by atoms with Crippen LogP contribution in [0.5, 0.6) is 0 Å². The quantitative estimate of drug-likeness (QED) is 0.789. The molecule has 0 aliphatic rings. The summed E-state index contributed by atoms with van der Waals surface area (Å²) in [6.07, 6.45) is 0.217. The van der Waals surface area contributed by atoms with Gasteiger partial charge in [0.25, 0.3) is 0 Å². The highest BCUT2D eigenvalue weighted by Crippen LogP contribution is 2.17. The fourth-order valence-corrected chi connectivity index (χ4v) is 2.74. The van der Waals surface area contributed by atoms with E-state index >= 15 is 0 Å². The highest BCUT2D eigenvalue weighted by Gasteiger charge is 2.13. The summed E-state index contributed by atoms with van der Waals surface area (Å²) in [7, 11) is 0. The topological polar surface area (TPSA) is 49.4 Å². The molecule has 0 bridgehead atoms. The number of nitrogens with zero attached hydrogens (tertiary/aromatic N) is 1. The van der Waals surface area contributed by atoms with E-state index in [4.69, 9.17) is 23.2 Å². The van der Waals surface area contributed by atoms with Crippen LogP contribution in [-0.4, -0.2) is 23.3 Å². The van der Waals surface area contributed by atoms with Crippen molar-refractivity contribution in [2.45, 2.75) is 26.4 Å². The summed E-state index contributed by atoms with van der Waals surface area (Å²) in [6.45, 7) is 2.56. The molecular formula is C19H20Cl2N2O2. The first-order chi connectivity index (χ1) is 12.0. The number of carbonyl (C=O) groups excluding carboxylic acids is 2. The predicted octanol–water partition coefficient (Wildman–Crippen LogP) is 4.05. The van der Waals surface area contributed by atoms with Gasteiger partial charge in [-0.05, 0) is 23.3 Å². The Morgan fingerprint density at radius 2 is 1.52 bits per heavy atom. The largest absolute Gasteiger partial charge is 0.352 e. The van der Waals surface area contributed by atoms with Crippen molar-refractivity contribution >= 4 is 35.0 Å². The average Bonchev–Trinajstić information content (AvgIpc) is 2.59. The van der Waals surface area contributed by atoms with Gasteiger partial charge in [-0.1, -0.05) is 59.6 Å². The Morgan fingerprint density at radius 3 is 2.08 bits per heavy atom. The number of halogens is 2. The minimum Gasteiger partial charge on any atom is -0.352 e. The molecule has 2 aromatic rings. The summed E-state index contributed by atoms with van der Waals surface area (Å²) in [6, 6.07) is 14.7. The van der Waals surface area contributed by atoms with E-state index in [1.54, 1.807) is 17.0 Å². The summed E-state index contributed by atoms with van der Waals surface area (Å²) in [5, 5.41) is 4.05. The van der Waals surface area contributed by atoms with Crippen LogP contribution in [0, 0.1) is 0 Å². The normalized spacial score (nSPS) is 10.4. The Labute approximate surface area is 157 Å². The van der Waals surface area contributed by atoms with Gasteiger partial charge >= 0.3 is 0 Å². The van der Waals surface area contributed by atoms with Crippen molar-refractivity contribution in [3.8, 4) is 0 Å². The van der Waals surface area contributed by atoms with Gasteiger partial charge in [0.05, 0.1) is 0 Å². The van der Waals surface area contributed by atoms with Gasteiger partial charge in [0, 0.05) is 43.0 Å². The molecular weight excluding hydrogens is 359 g/mol. The molecule has 1 N–H and O–H groups in total. The third-order valence-electron chi connectivity index (χ3n) is 3.81. The molecule has 0 saturated carbocycles. The van der Waals surface area contributed by atoms with E-state index in [1.165, 1.54) is 6.92 Å². The number of hydrogen-bond acceptors (Lipinski definition) is 2. The second-order valence-corrected chi connectivity index (χ2v) is 6.46. The molecule has 0 fully saturated rings. The highest BCUT2D eigenvalue weighted by atomic mass is 35.5. The first-order valence-electron chi connectivity index (χ1n) is 7.96. The van der Waals surface area contributed by atoms with E-state index in [9.17, 15) is 9.59 Å². The smallest absolute Gasteiger partial charge is 0.222 e. The molecule has 2 rings (SSSR count). The summed E-state index contributed by atoms with van der Waals surface area (Å²) >= 11 is 12.2. The Kier molecular flexibility index (Phi) is 7.29. The molecule has 132 valence electrons. The SMILES string of the molecule is CC(=O)N(CCC(=O)NCc1ccccc1Cl)Cc1ccccc1Cl. The third kappa shape index (κ3) is 6.07. The molecule has 0 aliphatic carbocycles. The van der Waals surface area contributed by atoms with E-state index in [1.807, 2.05) is 36.4 Å². The lowest BCUT2D eigenvalue weighted by molar-refractivity contribution is -0.130. The maximum Gasteiger partial charge on any atom is 0.222 e. The van der Waals surface area contributed by atoms with Gasteiger partial charge in [0.2, 0.25) is 11.8 Å². The molecule has 0 aromatic heterocycles. The third-order valence-corrected chi connectivity index (χ3v) is 4.54. The zero-order valence-corrected chi connectivity index (χ0v) is 15.5. The lowest BCUT2D eigenvalue weighted by Crippen LogP contribution is -2.33. The summed E-state index contributed by atoms with van der Waals surface area (Å²) in [5.41, 5.74) is 1.72. The summed E-state index contributed by atoms with van der Waals surface area (Å²) < 4.78 is 0. The van der Waals surface area contributed by atoms with Gasteiger partial charge < -0.3 is 10.2 Å². The zero-order valence-electron chi connectivity index (χ0n) is 14.0. The van der Waals surface area contributed by atoms with Crippen molar-refractivity contribution < 1.29 is 9.59 Å². The van der Waals surface area contributed by atoms with Crippen molar-refractivity contribution in [3.05, 3.63) is 69.7 Å². The standard InChI is InChI=1S/C19H20Cl2N2O2/c1-14(24)23(13-16-7-3-5-9-18(16)21)11-10-19(25)22-12-15-6-2-4-8-17(15)20/h2-9H,10-13H2,1H3,(H,22,25). The first kappa shape index (κ1) is 19.3. The molecule has 0 spiro atoms. The van der Waals surface area contributed by atoms with Gasteiger partial charge in [-0.2, -0.15) is 0 Å². The van der Waals surface area contributed by atoms with E-state index < -0.39 is 0 Å². The Hall–Kier alpha value is -2.04. The molecule has 0 radical (unpaired) electrons. The molecule has 6 heteroatoms. The predicted molar refractivity (Wildman–Crippen MR) is 100 cm³/mol. The Balaban J connectivity index is 1.86. The average molecular weight is 379 g/mol. The number of rotatable bonds is 7. The zero-order chi connectivity index (χ0) is 18.2. The molecule has 2 amide bonds. The van der Waals surface area contributed by atoms with Crippen LogP contribution in [0.2, 0.25) is 10.0 Å². The molecule has 0 unspecified atom stereocenters. The molecule has 2 aromatic carbocycles. The summed E-state index contributed by atoms with van der Waals surface area (Å²) in [4.78, 5) is 25.5. The maximum absolute atomic E-state index is 12.1.